The lowest BCUT2D eigenvalue weighted by molar-refractivity contribution is -0.118. The van der Waals surface area contributed by atoms with Crippen LogP contribution in [0.4, 0.5) is 5.69 Å². The molecule has 4 aromatic rings. The van der Waals surface area contributed by atoms with Crippen LogP contribution in [-0.2, 0) is 4.79 Å². The first-order valence-electron chi connectivity index (χ1n) is 11.0. The molecule has 36 heavy (non-hydrogen) atoms. The summed E-state index contributed by atoms with van der Waals surface area (Å²) in [5, 5.41) is 13.4. The molecule has 0 atom stereocenters. The number of anilines is 1. The number of fused-ring (bicyclic) bond motifs is 1. The monoisotopic (exact) mass is 500 g/mol. The van der Waals surface area contributed by atoms with Gasteiger partial charge in [0.1, 0.15) is 6.07 Å². The number of halogens is 1. The SMILES string of the molecule is CCOc1cc(/C=C(\C#N)c2nc3ccccc3c(=O)[nH]2)ccc1OCC(=O)Nc1cccc(Cl)c1. The highest BCUT2D eigenvalue weighted by Crippen LogP contribution is 2.30. The van der Waals surface area contributed by atoms with Crippen molar-refractivity contribution in [3.8, 4) is 17.6 Å². The van der Waals surface area contributed by atoms with E-state index in [2.05, 4.69) is 21.4 Å². The molecule has 1 heterocycles. The Labute approximate surface area is 211 Å². The summed E-state index contributed by atoms with van der Waals surface area (Å²) in [6.45, 7) is 1.94. The highest BCUT2D eigenvalue weighted by atomic mass is 35.5. The normalized spacial score (nSPS) is 11.1. The first-order valence-corrected chi connectivity index (χ1v) is 11.4. The summed E-state index contributed by atoms with van der Waals surface area (Å²) in [4.78, 5) is 31.8. The quantitative estimate of drug-likeness (QED) is 0.327. The van der Waals surface area contributed by atoms with Crippen LogP contribution < -0.4 is 20.3 Å². The van der Waals surface area contributed by atoms with Gasteiger partial charge in [0, 0.05) is 10.7 Å². The van der Waals surface area contributed by atoms with Gasteiger partial charge in [-0.25, -0.2) is 4.98 Å². The van der Waals surface area contributed by atoms with Crippen molar-refractivity contribution in [2.45, 2.75) is 6.92 Å². The van der Waals surface area contributed by atoms with Gasteiger partial charge in [-0.15, -0.1) is 0 Å². The number of H-pyrrole nitrogens is 1. The van der Waals surface area contributed by atoms with Crippen LogP contribution in [0.1, 0.15) is 18.3 Å². The second-order valence-electron chi connectivity index (χ2n) is 7.59. The van der Waals surface area contributed by atoms with E-state index in [-0.39, 0.29) is 29.5 Å². The van der Waals surface area contributed by atoms with Gasteiger partial charge < -0.3 is 19.8 Å². The van der Waals surface area contributed by atoms with E-state index >= 15 is 0 Å². The first kappa shape index (κ1) is 24.5. The summed E-state index contributed by atoms with van der Waals surface area (Å²) >= 11 is 5.95. The van der Waals surface area contributed by atoms with Crippen LogP contribution in [-0.4, -0.2) is 29.1 Å². The molecule has 0 aliphatic rings. The Morgan fingerprint density at radius 1 is 1.11 bits per heavy atom. The standard InChI is InChI=1S/C27H21ClN4O4/c1-2-35-24-13-17(10-11-23(24)36-16-25(33)30-20-7-5-6-19(28)14-20)12-18(15-29)26-31-22-9-4-3-8-21(22)27(34)32-26/h3-14H,2,16H2,1H3,(H,30,33)(H,31,32,34)/b18-12+. The number of carbonyl (C=O) groups excluding carboxylic acids is 1. The maximum absolute atomic E-state index is 12.4. The molecule has 9 heteroatoms. The van der Waals surface area contributed by atoms with Gasteiger partial charge >= 0.3 is 0 Å². The van der Waals surface area contributed by atoms with Gasteiger partial charge in [0.25, 0.3) is 11.5 Å². The fraction of sp³-hybridized carbons (Fsp3) is 0.111. The summed E-state index contributed by atoms with van der Waals surface area (Å²) in [7, 11) is 0. The summed E-state index contributed by atoms with van der Waals surface area (Å²) in [5.41, 5.74) is 1.53. The van der Waals surface area contributed by atoms with Gasteiger partial charge in [-0.1, -0.05) is 35.9 Å². The van der Waals surface area contributed by atoms with E-state index in [1.807, 2.05) is 6.92 Å². The number of benzene rings is 3. The maximum atomic E-state index is 12.4. The van der Waals surface area contributed by atoms with Crippen molar-refractivity contribution in [2.24, 2.45) is 0 Å². The highest BCUT2D eigenvalue weighted by Gasteiger charge is 2.12. The lowest BCUT2D eigenvalue weighted by Gasteiger charge is -2.13. The first-order chi connectivity index (χ1) is 17.5. The van der Waals surface area contributed by atoms with Gasteiger partial charge in [0.05, 0.1) is 23.1 Å². The molecule has 0 saturated heterocycles. The number of aromatic nitrogens is 2. The second kappa shape index (κ2) is 11.2. The number of rotatable bonds is 8. The summed E-state index contributed by atoms with van der Waals surface area (Å²) in [6, 6.07) is 20.8. The summed E-state index contributed by atoms with van der Waals surface area (Å²) in [5.74, 6) is 0.573. The van der Waals surface area contributed by atoms with E-state index in [0.717, 1.165) is 0 Å². The van der Waals surface area contributed by atoms with Gasteiger partial charge in [0.15, 0.2) is 23.9 Å². The molecule has 0 unspecified atom stereocenters. The van der Waals surface area contributed by atoms with Crippen LogP contribution in [0.25, 0.3) is 22.6 Å². The predicted octanol–water partition coefficient (Wildman–Crippen LogP) is 5.06. The minimum atomic E-state index is -0.359. The Hall–Kier alpha value is -4.61. The largest absolute Gasteiger partial charge is 0.490 e. The van der Waals surface area contributed by atoms with Gasteiger partial charge in [0.2, 0.25) is 0 Å². The minimum absolute atomic E-state index is 0.164. The van der Waals surface area contributed by atoms with Crippen LogP contribution in [0.2, 0.25) is 5.02 Å². The number of carbonyl (C=O) groups is 1. The zero-order valence-corrected chi connectivity index (χ0v) is 20.0. The van der Waals surface area contributed by atoms with E-state index in [1.54, 1.807) is 72.8 Å². The number of hydrogen-bond acceptors (Lipinski definition) is 6. The number of para-hydroxylation sites is 1. The lowest BCUT2D eigenvalue weighted by atomic mass is 10.1. The van der Waals surface area contributed by atoms with E-state index in [9.17, 15) is 14.9 Å². The molecule has 180 valence electrons. The number of ether oxygens (including phenoxy) is 2. The van der Waals surface area contributed by atoms with Crippen LogP contribution >= 0.6 is 11.6 Å². The molecule has 0 saturated carbocycles. The Morgan fingerprint density at radius 2 is 1.94 bits per heavy atom. The van der Waals surface area contributed by atoms with E-state index in [1.165, 1.54) is 0 Å². The summed E-state index contributed by atoms with van der Waals surface area (Å²) < 4.78 is 11.4. The number of hydrogen-bond donors (Lipinski definition) is 2. The number of amides is 1. The maximum Gasteiger partial charge on any atom is 0.262 e. The molecule has 1 amide bonds. The molecule has 2 N–H and O–H groups in total. The fourth-order valence-electron chi connectivity index (χ4n) is 3.44. The minimum Gasteiger partial charge on any atom is -0.490 e. The van der Waals surface area contributed by atoms with Crippen molar-refractivity contribution >= 4 is 45.7 Å². The Kier molecular flexibility index (Phi) is 7.63. The van der Waals surface area contributed by atoms with Crippen LogP contribution in [0.15, 0.2) is 71.5 Å². The predicted molar refractivity (Wildman–Crippen MR) is 139 cm³/mol. The number of aromatic amines is 1. The van der Waals surface area contributed by atoms with Crippen LogP contribution in [0.5, 0.6) is 11.5 Å². The van der Waals surface area contributed by atoms with Crippen LogP contribution in [0.3, 0.4) is 0 Å². The molecule has 1 aromatic heterocycles. The van der Waals surface area contributed by atoms with Crippen molar-refractivity contribution in [3.63, 3.8) is 0 Å². The zero-order chi connectivity index (χ0) is 25.5. The molecule has 0 spiro atoms. The highest BCUT2D eigenvalue weighted by molar-refractivity contribution is 6.30. The summed E-state index contributed by atoms with van der Waals surface area (Å²) in [6.07, 6.45) is 1.59. The average Bonchev–Trinajstić information content (AvgIpc) is 2.87. The number of nitrogens with zero attached hydrogens (tertiary/aromatic N) is 2. The smallest absolute Gasteiger partial charge is 0.262 e. The molecule has 0 aliphatic heterocycles. The van der Waals surface area contributed by atoms with Crippen molar-refractivity contribution in [1.82, 2.24) is 9.97 Å². The number of nitriles is 1. The molecule has 3 aromatic carbocycles. The third kappa shape index (κ3) is 5.90. The Bertz CT molecular complexity index is 1560. The Balaban J connectivity index is 1.55. The third-order valence-corrected chi connectivity index (χ3v) is 5.27. The molecule has 8 nitrogen and oxygen atoms in total. The van der Waals surface area contributed by atoms with Gasteiger partial charge in [-0.3, -0.25) is 9.59 Å². The van der Waals surface area contributed by atoms with E-state index in [4.69, 9.17) is 21.1 Å². The van der Waals surface area contributed by atoms with Crippen molar-refractivity contribution in [1.29, 1.82) is 5.26 Å². The number of nitrogens with one attached hydrogen (secondary N) is 2. The molecular formula is C27H21ClN4O4. The molecule has 0 radical (unpaired) electrons. The molecule has 0 aliphatic carbocycles. The zero-order valence-electron chi connectivity index (χ0n) is 19.2. The second-order valence-corrected chi connectivity index (χ2v) is 8.02. The number of allylic oxidation sites excluding steroid dienone is 1. The van der Waals surface area contributed by atoms with Crippen LogP contribution in [0, 0.1) is 11.3 Å². The Morgan fingerprint density at radius 3 is 2.72 bits per heavy atom. The third-order valence-electron chi connectivity index (χ3n) is 5.03. The van der Waals surface area contributed by atoms with Gasteiger partial charge in [-0.05, 0) is 61.0 Å². The van der Waals surface area contributed by atoms with Crippen molar-refractivity contribution < 1.29 is 14.3 Å². The molecule has 0 bridgehead atoms. The lowest BCUT2D eigenvalue weighted by Crippen LogP contribution is -2.20. The fourth-order valence-corrected chi connectivity index (χ4v) is 3.63. The van der Waals surface area contributed by atoms with Crippen molar-refractivity contribution in [2.75, 3.05) is 18.5 Å². The molecule has 0 fully saturated rings. The topological polar surface area (TPSA) is 117 Å². The molecular weight excluding hydrogens is 480 g/mol. The van der Waals surface area contributed by atoms with E-state index < -0.39 is 0 Å². The van der Waals surface area contributed by atoms with Gasteiger partial charge in [-0.2, -0.15) is 5.26 Å². The molecule has 4 rings (SSSR count). The van der Waals surface area contributed by atoms with E-state index in [0.29, 0.717) is 45.3 Å². The average molecular weight is 501 g/mol. The van der Waals surface area contributed by atoms with Crippen molar-refractivity contribution in [3.05, 3.63) is 93.5 Å².